The van der Waals surface area contributed by atoms with E-state index < -0.39 is 0 Å². The number of benzene rings is 1. The van der Waals surface area contributed by atoms with Crippen molar-refractivity contribution in [3.8, 4) is 11.5 Å². The molecule has 0 amide bonds. The first-order chi connectivity index (χ1) is 5.68. The van der Waals surface area contributed by atoms with Crippen LogP contribution >= 0.6 is 11.6 Å². The van der Waals surface area contributed by atoms with Gasteiger partial charge in [0.1, 0.15) is 22.6 Å². The first-order valence-electron chi connectivity index (χ1n) is 3.51. The number of hydrogen-bond acceptors (Lipinski definition) is 3. The SMILES string of the molecule is Oc1cc([C@H]2CO2)cc(O)c1Cl. The molecule has 1 aromatic carbocycles. The Labute approximate surface area is 74.2 Å². The second kappa shape index (κ2) is 2.54. The first-order valence-corrected chi connectivity index (χ1v) is 3.89. The highest BCUT2D eigenvalue weighted by molar-refractivity contribution is 6.33. The molecule has 4 heteroatoms. The van der Waals surface area contributed by atoms with E-state index in [1.807, 2.05) is 0 Å². The minimum absolute atomic E-state index is 0.0130. The summed E-state index contributed by atoms with van der Waals surface area (Å²) in [5.74, 6) is -0.218. The number of halogens is 1. The van der Waals surface area contributed by atoms with E-state index in [1.165, 1.54) is 12.1 Å². The maximum atomic E-state index is 9.21. The van der Waals surface area contributed by atoms with Crippen molar-refractivity contribution < 1.29 is 14.9 Å². The third kappa shape index (κ3) is 1.21. The zero-order valence-electron chi connectivity index (χ0n) is 6.12. The number of ether oxygens (including phenoxy) is 1. The van der Waals surface area contributed by atoms with Crippen molar-refractivity contribution in [2.45, 2.75) is 6.10 Å². The van der Waals surface area contributed by atoms with Crippen molar-refractivity contribution in [1.29, 1.82) is 0 Å². The largest absolute Gasteiger partial charge is 0.506 e. The fourth-order valence-electron chi connectivity index (χ4n) is 1.04. The molecule has 0 aliphatic carbocycles. The Morgan fingerprint density at radius 3 is 2.25 bits per heavy atom. The molecule has 3 nitrogen and oxygen atoms in total. The fourth-order valence-corrected chi connectivity index (χ4v) is 1.15. The van der Waals surface area contributed by atoms with Crippen LogP contribution in [0.2, 0.25) is 5.02 Å². The predicted molar refractivity (Wildman–Crippen MR) is 43.5 cm³/mol. The van der Waals surface area contributed by atoms with E-state index >= 15 is 0 Å². The van der Waals surface area contributed by atoms with E-state index in [0.717, 1.165) is 5.56 Å². The van der Waals surface area contributed by atoms with Crippen LogP contribution in [0.4, 0.5) is 0 Å². The highest BCUT2D eigenvalue weighted by Gasteiger charge is 2.26. The third-order valence-corrected chi connectivity index (χ3v) is 2.15. The third-order valence-electron chi connectivity index (χ3n) is 1.76. The van der Waals surface area contributed by atoms with Gasteiger partial charge in [0, 0.05) is 0 Å². The maximum Gasteiger partial charge on any atom is 0.138 e. The summed E-state index contributed by atoms with van der Waals surface area (Å²) in [6.45, 7) is 0.639. The van der Waals surface area contributed by atoms with E-state index in [1.54, 1.807) is 0 Å². The predicted octanol–water partition coefficient (Wildman–Crippen LogP) is 1.82. The molecule has 1 atom stereocenters. The molecule has 2 rings (SSSR count). The lowest BCUT2D eigenvalue weighted by Crippen LogP contribution is -1.81. The second-order valence-electron chi connectivity index (χ2n) is 2.70. The lowest BCUT2D eigenvalue weighted by atomic mass is 10.1. The van der Waals surface area contributed by atoms with Crippen LogP contribution in [-0.4, -0.2) is 16.8 Å². The molecule has 0 unspecified atom stereocenters. The topological polar surface area (TPSA) is 53.0 Å². The summed E-state index contributed by atoms with van der Waals surface area (Å²) in [5, 5.41) is 18.4. The van der Waals surface area contributed by atoms with Crippen LogP contribution in [0.3, 0.4) is 0 Å². The molecular weight excluding hydrogens is 180 g/mol. The number of aromatic hydroxyl groups is 2. The summed E-state index contributed by atoms with van der Waals surface area (Å²) in [7, 11) is 0. The lowest BCUT2D eigenvalue weighted by molar-refractivity contribution is 0.410. The highest BCUT2D eigenvalue weighted by Crippen LogP contribution is 2.39. The molecule has 0 aromatic heterocycles. The van der Waals surface area contributed by atoms with Gasteiger partial charge >= 0.3 is 0 Å². The molecule has 0 spiro atoms. The normalized spacial score (nSPS) is 20.9. The minimum Gasteiger partial charge on any atom is -0.506 e. The molecule has 2 N–H and O–H groups in total. The minimum atomic E-state index is -0.109. The van der Waals surface area contributed by atoms with Gasteiger partial charge in [0.2, 0.25) is 0 Å². The Kier molecular flexibility index (Phi) is 1.63. The van der Waals surface area contributed by atoms with Crippen LogP contribution in [0.1, 0.15) is 11.7 Å². The van der Waals surface area contributed by atoms with Gasteiger partial charge in [-0.1, -0.05) is 11.6 Å². The molecule has 0 bridgehead atoms. The van der Waals surface area contributed by atoms with Gasteiger partial charge in [-0.3, -0.25) is 0 Å². The number of hydrogen-bond donors (Lipinski definition) is 2. The fraction of sp³-hybridized carbons (Fsp3) is 0.250. The molecule has 1 saturated heterocycles. The molecule has 1 aliphatic rings. The Morgan fingerprint density at radius 1 is 1.33 bits per heavy atom. The summed E-state index contributed by atoms with van der Waals surface area (Å²) in [4.78, 5) is 0. The quantitative estimate of drug-likeness (QED) is 0.658. The molecule has 1 aromatic rings. The van der Waals surface area contributed by atoms with Gasteiger partial charge in [-0.05, 0) is 17.7 Å². The summed E-state index contributed by atoms with van der Waals surface area (Å²) >= 11 is 5.53. The van der Waals surface area contributed by atoms with Crippen LogP contribution < -0.4 is 0 Å². The van der Waals surface area contributed by atoms with Gasteiger partial charge in [0.15, 0.2) is 0 Å². The van der Waals surface area contributed by atoms with E-state index in [2.05, 4.69) is 0 Å². The highest BCUT2D eigenvalue weighted by atomic mass is 35.5. The molecule has 12 heavy (non-hydrogen) atoms. The summed E-state index contributed by atoms with van der Waals surface area (Å²) in [6, 6.07) is 3.00. The van der Waals surface area contributed by atoms with Crippen molar-refractivity contribution in [2.24, 2.45) is 0 Å². The van der Waals surface area contributed by atoms with Crippen LogP contribution in [-0.2, 0) is 4.74 Å². The van der Waals surface area contributed by atoms with E-state index in [0.29, 0.717) is 6.61 Å². The standard InChI is InChI=1S/C8H7ClO3/c9-8-5(10)1-4(2-6(8)11)7-3-12-7/h1-2,7,10-11H,3H2/t7-/m1/s1. The van der Waals surface area contributed by atoms with E-state index in [4.69, 9.17) is 16.3 Å². The molecule has 1 fully saturated rings. The molecule has 1 heterocycles. The average Bonchev–Trinajstić information content (AvgIpc) is 2.81. The van der Waals surface area contributed by atoms with Crippen LogP contribution in [0.15, 0.2) is 12.1 Å². The summed E-state index contributed by atoms with van der Waals surface area (Å²) < 4.78 is 4.98. The van der Waals surface area contributed by atoms with Crippen LogP contribution in [0.25, 0.3) is 0 Å². The zero-order valence-corrected chi connectivity index (χ0v) is 6.88. The van der Waals surface area contributed by atoms with Crippen LogP contribution in [0.5, 0.6) is 11.5 Å². The van der Waals surface area contributed by atoms with Crippen molar-refractivity contribution in [2.75, 3.05) is 6.61 Å². The number of epoxide rings is 1. The Hall–Kier alpha value is -0.930. The second-order valence-corrected chi connectivity index (χ2v) is 3.07. The number of rotatable bonds is 1. The van der Waals surface area contributed by atoms with Crippen LogP contribution in [0, 0.1) is 0 Å². The lowest BCUT2D eigenvalue weighted by Gasteiger charge is -2.02. The molecular formula is C8H7ClO3. The van der Waals surface area contributed by atoms with Crippen molar-refractivity contribution in [3.63, 3.8) is 0 Å². The summed E-state index contributed by atoms with van der Waals surface area (Å²) in [5.41, 5.74) is 0.759. The van der Waals surface area contributed by atoms with Gasteiger partial charge in [-0.2, -0.15) is 0 Å². The maximum absolute atomic E-state index is 9.21. The monoisotopic (exact) mass is 186 g/mol. The van der Waals surface area contributed by atoms with Crippen molar-refractivity contribution >= 4 is 11.6 Å². The van der Waals surface area contributed by atoms with Crippen molar-refractivity contribution in [1.82, 2.24) is 0 Å². The first kappa shape index (κ1) is 7.71. The molecule has 0 radical (unpaired) electrons. The van der Waals surface area contributed by atoms with Gasteiger partial charge in [0.25, 0.3) is 0 Å². The van der Waals surface area contributed by atoms with E-state index in [-0.39, 0.29) is 22.6 Å². The molecule has 64 valence electrons. The molecule has 1 aliphatic heterocycles. The van der Waals surface area contributed by atoms with E-state index in [9.17, 15) is 10.2 Å². The Balaban J connectivity index is 2.45. The smallest absolute Gasteiger partial charge is 0.138 e. The Bertz CT molecular complexity index is 297. The van der Waals surface area contributed by atoms with Gasteiger partial charge in [-0.25, -0.2) is 0 Å². The van der Waals surface area contributed by atoms with Gasteiger partial charge in [0.05, 0.1) is 6.61 Å². The average molecular weight is 187 g/mol. The zero-order chi connectivity index (χ0) is 8.72. The Morgan fingerprint density at radius 2 is 1.83 bits per heavy atom. The molecule has 0 saturated carbocycles. The summed E-state index contributed by atoms with van der Waals surface area (Å²) in [6.07, 6.45) is 0.0130. The van der Waals surface area contributed by atoms with Gasteiger partial charge in [-0.15, -0.1) is 0 Å². The number of phenols is 2. The van der Waals surface area contributed by atoms with Gasteiger partial charge < -0.3 is 14.9 Å². The number of phenolic OH excluding ortho intramolecular Hbond substituents is 2. The van der Waals surface area contributed by atoms with Crippen molar-refractivity contribution in [3.05, 3.63) is 22.7 Å².